The molecule has 0 bridgehead atoms. The van der Waals surface area contributed by atoms with Crippen LogP contribution < -0.4 is 10.6 Å². The molecule has 1 fully saturated rings. The zero-order chi connectivity index (χ0) is 16.1. The first-order chi connectivity index (χ1) is 10.5. The molecule has 1 saturated carbocycles. The van der Waals surface area contributed by atoms with Crippen LogP contribution in [0.4, 0.5) is 10.5 Å². The predicted molar refractivity (Wildman–Crippen MR) is 77.8 cm³/mol. The molecule has 1 aromatic rings. The molecule has 0 unspecified atom stereocenters. The van der Waals surface area contributed by atoms with E-state index in [1.165, 1.54) is 18.2 Å². The maximum atomic E-state index is 12.2. The van der Waals surface area contributed by atoms with Crippen molar-refractivity contribution in [3.63, 3.8) is 0 Å². The number of nitro groups is 1. The van der Waals surface area contributed by atoms with Crippen molar-refractivity contribution in [3.8, 4) is 0 Å². The number of hydrogen-bond acceptors (Lipinski definition) is 4. The molecule has 0 radical (unpaired) electrons. The van der Waals surface area contributed by atoms with Crippen LogP contribution in [0.1, 0.15) is 36.0 Å². The van der Waals surface area contributed by atoms with Crippen LogP contribution >= 0.6 is 0 Å². The molecule has 0 spiro atoms. The Bertz CT molecular complexity index is 582. The third kappa shape index (κ3) is 3.94. The van der Waals surface area contributed by atoms with Crippen LogP contribution in [0.25, 0.3) is 0 Å². The van der Waals surface area contributed by atoms with E-state index >= 15 is 0 Å². The standard InChI is InChI=1S/C14H17N3O5/c18-13(11-3-1-2-4-12(11)17(21)22)15-9-5-7-10(8-6-9)16-14(19)20/h1-4,9-10,16H,5-8H2,(H,15,18)(H,19,20). The Balaban J connectivity index is 1.94. The Kier molecular flexibility index (Phi) is 4.92. The fraction of sp³-hybridized carbons (Fsp3) is 0.429. The van der Waals surface area contributed by atoms with Gasteiger partial charge in [-0.1, -0.05) is 12.1 Å². The van der Waals surface area contributed by atoms with Gasteiger partial charge in [-0.15, -0.1) is 0 Å². The van der Waals surface area contributed by atoms with Gasteiger partial charge in [-0.25, -0.2) is 4.79 Å². The highest BCUT2D eigenvalue weighted by Gasteiger charge is 2.26. The zero-order valence-electron chi connectivity index (χ0n) is 11.8. The summed E-state index contributed by atoms with van der Waals surface area (Å²) in [5, 5.41) is 24.8. The van der Waals surface area contributed by atoms with Crippen LogP contribution in [0.2, 0.25) is 0 Å². The predicted octanol–water partition coefficient (Wildman–Crippen LogP) is 1.90. The van der Waals surface area contributed by atoms with Gasteiger partial charge in [-0.2, -0.15) is 0 Å². The Morgan fingerprint density at radius 2 is 1.64 bits per heavy atom. The Morgan fingerprint density at radius 1 is 1.09 bits per heavy atom. The molecule has 22 heavy (non-hydrogen) atoms. The Labute approximate surface area is 126 Å². The normalized spacial score (nSPS) is 20.9. The maximum Gasteiger partial charge on any atom is 0.404 e. The molecule has 118 valence electrons. The van der Waals surface area contributed by atoms with E-state index in [1.54, 1.807) is 6.07 Å². The highest BCUT2D eigenvalue weighted by molar-refractivity contribution is 5.98. The lowest BCUT2D eigenvalue weighted by Gasteiger charge is -2.28. The third-order valence-electron chi connectivity index (χ3n) is 3.74. The molecule has 0 atom stereocenters. The first kappa shape index (κ1) is 15.7. The van der Waals surface area contributed by atoms with Crippen molar-refractivity contribution in [3.05, 3.63) is 39.9 Å². The molecule has 8 nitrogen and oxygen atoms in total. The van der Waals surface area contributed by atoms with Crippen molar-refractivity contribution in [1.29, 1.82) is 0 Å². The van der Waals surface area contributed by atoms with Gasteiger partial charge in [0.2, 0.25) is 0 Å². The fourth-order valence-corrected chi connectivity index (χ4v) is 2.64. The summed E-state index contributed by atoms with van der Waals surface area (Å²) in [5.41, 5.74) is -0.181. The summed E-state index contributed by atoms with van der Waals surface area (Å²) in [6, 6.07) is 5.61. The van der Waals surface area contributed by atoms with E-state index in [0.29, 0.717) is 25.7 Å². The summed E-state index contributed by atoms with van der Waals surface area (Å²) in [6.07, 6.45) is 1.49. The van der Waals surface area contributed by atoms with Crippen LogP contribution in [0.3, 0.4) is 0 Å². The van der Waals surface area contributed by atoms with E-state index in [2.05, 4.69) is 10.6 Å². The highest BCUT2D eigenvalue weighted by Crippen LogP contribution is 2.21. The second-order valence-electron chi connectivity index (χ2n) is 5.25. The molecule has 1 aliphatic rings. The molecule has 2 rings (SSSR count). The van der Waals surface area contributed by atoms with Crippen LogP contribution in [0.15, 0.2) is 24.3 Å². The molecule has 8 heteroatoms. The quantitative estimate of drug-likeness (QED) is 0.579. The van der Waals surface area contributed by atoms with Gasteiger partial charge in [0.05, 0.1) is 4.92 Å². The summed E-state index contributed by atoms with van der Waals surface area (Å²) < 4.78 is 0. The molecule has 0 aliphatic heterocycles. The fourth-order valence-electron chi connectivity index (χ4n) is 2.64. The van der Waals surface area contributed by atoms with Crippen LogP contribution in [-0.4, -0.2) is 34.1 Å². The number of rotatable bonds is 4. The third-order valence-corrected chi connectivity index (χ3v) is 3.74. The van der Waals surface area contributed by atoms with Crippen LogP contribution in [0.5, 0.6) is 0 Å². The SMILES string of the molecule is O=C(O)NC1CCC(NC(=O)c2ccccc2[N+](=O)[O-])CC1. The van der Waals surface area contributed by atoms with E-state index in [4.69, 9.17) is 5.11 Å². The molecule has 2 amide bonds. The van der Waals surface area contributed by atoms with E-state index in [9.17, 15) is 19.7 Å². The van der Waals surface area contributed by atoms with Gasteiger partial charge in [0, 0.05) is 18.2 Å². The molecule has 0 heterocycles. The number of nitro benzene ring substituents is 1. The number of amides is 2. The van der Waals surface area contributed by atoms with Gasteiger partial charge in [0.15, 0.2) is 0 Å². The lowest BCUT2D eigenvalue weighted by molar-refractivity contribution is -0.385. The first-order valence-electron chi connectivity index (χ1n) is 7.01. The molecule has 3 N–H and O–H groups in total. The molecule has 1 aliphatic carbocycles. The topological polar surface area (TPSA) is 122 Å². The maximum absolute atomic E-state index is 12.2. The average molecular weight is 307 g/mol. The average Bonchev–Trinajstić information content (AvgIpc) is 2.48. The van der Waals surface area contributed by atoms with E-state index in [0.717, 1.165) is 0 Å². The second kappa shape index (κ2) is 6.88. The lowest BCUT2D eigenvalue weighted by atomic mass is 9.91. The number of carboxylic acid groups (broad SMARTS) is 1. The number of carbonyl (C=O) groups excluding carboxylic acids is 1. The van der Waals surface area contributed by atoms with Gasteiger partial charge in [0.1, 0.15) is 5.56 Å². The van der Waals surface area contributed by atoms with Crippen molar-refractivity contribution in [2.24, 2.45) is 0 Å². The summed E-state index contributed by atoms with van der Waals surface area (Å²) in [7, 11) is 0. The number of hydrogen-bond donors (Lipinski definition) is 3. The number of nitrogens with one attached hydrogen (secondary N) is 2. The molecular weight excluding hydrogens is 290 g/mol. The number of benzene rings is 1. The van der Waals surface area contributed by atoms with Gasteiger partial charge < -0.3 is 15.7 Å². The minimum Gasteiger partial charge on any atom is -0.465 e. The Hall–Kier alpha value is -2.64. The molecular formula is C14H17N3O5. The van der Waals surface area contributed by atoms with Gasteiger partial charge in [-0.3, -0.25) is 14.9 Å². The van der Waals surface area contributed by atoms with E-state index < -0.39 is 16.9 Å². The van der Waals surface area contributed by atoms with E-state index in [1.807, 2.05) is 0 Å². The van der Waals surface area contributed by atoms with Crippen molar-refractivity contribution in [2.75, 3.05) is 0 Å². The van der Waals surface area contributed by atoms with Crippen molar-refractivity contribution >= 4 is 17.7 Å². The minimum atomic E-state index is -1.05. The van der Waals surface area contributed by atoms with Crippen LogP contribution in [0, 0.1) is 10.1 Å². The summed E-state index contributed by atoms with van der Waals surface area (Å²) in [5.74, 6) is -0.470. The van der Waals surface area contributed by atoms with Crippen LogP contribution in [-0.2, 0) is 0 Å². The molecule has 0 saturated heterocycles. The highest BCUT2D eigenvalue weighted by atomic mass is 16.6. The number of nitrogens with zero attached hydrogens (tertiary/aromatic N) is 1. The smallest absolute Gasteiger partial charge is 0.404 e. The monoisotopic (exact) mass is 307 g/mol. The number of carbonyl (C=O) groups is 2. The zero-order valence-corrected chi connectivity index (χ0v) is 11.8. The molecule has 0 aromatic heterocycles. The second-order valence-corrected chi connectivity index (χ2v) is 5.25. The summed E-state index contributed by atoms with van der Waals surface area (Å²) in [6.45, 7) is 0. The first-order valence-corrected chi connectivity index (χ1v) is 7.01. The largest absolute Gasteiger partial charge is 0.465 e. The summed E-state index contributed by atoms with van der Waals surface area (Å²) in [4.78, 5) is 33.1. The van der Waals surface area contributed by atoms with Crippen molar-refractivity contribution in [2.45, 2.75) is 37.8 Å². The summed E-state index contributed by atoms with van der Waals surface area (Å²) >= 11 is 0. The van der Waals surface area contributed by atoms with Gasteiger partial charge in [0.25, 0.3) is 11.6 Å². The van der Waals surface area contributed by atoms with Gasteiger partial charge >= 0.3 is 6.09 Å². The number of para-hydroxylation sites is 1. The lowest BCUT2D eigenvalue weighted by Crippen LogP contribution is -2.43. The molecule has 1 aromatic carbocycles. The van der Waals surface area contributed by atoms with Crippen molar-refractivity contribution < 1.29 is 19.6 Å². The Morgan fingerprint density at radius 3 is 2.18 bits per heavy atom. The minimum absolute atomic E-state index is 0.0401. The van der Waals surface area contributed by atoms with E-state index in [-0.39, 0.29) is 23.3 Å². The van der Waals surface area contributed by atoms with Gasteiger partial charge in [-0.05, 0) is 31.7 Å². The van der Waals surface area contributed by atoms with Crippen molar-refractivity contribution in [1.82, 2.24) is 10.6 Å².